The van der Waals surface area contributed by atoms with Crippen LogP contribution in [0.4, 0.5) is 13.2 Å². The van der Waals surface area contributed by atoms with Crippen LogP contribution in [0.2, 0.25) is 0 Å². The average molecular weight is 323 g/mol. The smallest absolute Gasteiger partial charge is 0.345 e. The van der Waals surface area contributed by atoms with Crippen molar-refractivity contribution in [1.29, 1.82) is 0 Å². The first kappa shape index (κ1) is 18.7. The SMILES string of the molecule is CC(C)C(N)CCN(C)C(=O)C1CC(=O)N(CC(F)(F)F)C1. The zero-order chi connectivity index (χ0) is 17.1. The van der Waals surface area contributed by atoms with E-state index in [9.17, 15) is 22.8 Å². The molecule has 0 aromatic carbocycles. The predicted molar refractivity (Wildman–Crippen MR) is 75.8 cm³/mol. The molecule has 0 aliphatic carbocycles. The molecule has 1 fully saturated rings. The van der Waals surface area contributed by atoms with Gasteiger partial charge in [-0.3, -0.25) is 9.59 Å². The van der Waals surface area contributed by atoms with E-state index in [4.69, 9.17) is 5.73 Å². The van der Waals surface area contributed by atoms with Crippen molar-refractivity contribution in [2.75, 3.05) is 26.7 Å². The largest absolute Gasteiger partial charge is 0.406 e. The van der Waals surface area contributed by atoms with Gasteiger partial charge in [0.1, 0.15) is 6.54 Å². The Hall–Kier alpha value is -1.31. The van der Waals surface area contributed by atoms with Crippen LogP contribution in [0.3, 0.4) is 0 Å². The van der Waals surface area contributed by atoms with E-state index in [0.717, 1.165) is 0 Å². The summed E-state index contributed by atoms with van der Waals surface area (Å²) in [7, 11) is 1.59. The van der Waals surface area contributed by atoms with Crippen LogP contribution in [-0.4, -0.2) is 60.5 Å². The van der Waals surface area contributed by atoms with E-state index in [1.165, 1.54) is 4.90 Å². The van der Waals surface area contributed by atoms with E-state index in [1.807, 2.05) is 13.8 Å². The molecular formula is C14H24F3N3O2. The molecule has 1 heterocycles. The second kappa shape index (κ2) is 7.30. The number of halogens is 3. The molecule has 1 aliphatic heterocycles. The molecule has 2 N–H and O–H groups in total. The zero-order valence-electron chi connectivity index (χ0n) is 13.2. The third kappa shape index (κ3) is 5.47. The number of carbonyl (C=O) groups excluding carboxylic acids is 2. The number of likely N-dealkylation sites (tertiary alicyclic amines) is 1. The lowest BCUT2D eigenvalue weighted by atomic mass is 10.0. The van der Waals surface area contributed by atoms with Crippen molar-refractivity contribution in [2.24, 2.45) is 17.6 Å². The van der Waals surface area contributed by atoms with E-state index in [1.54, 1.807) is 7.05 Å². The van der Waals surface area contributed by atoms with Crippen LogP contribution in [0.1, 0.15) is 26.7 Å². The van der Waals surface area contributed by atoms with Crippen molar-refractivity contribution in [3.05, 3.63) is 0 Å². The molecule has 128 valence electrons. The fourth-order valence-corrected chi connectivity index (χ4v) is 2.40. The van der Waals surface area contributed by atoms with Crippen molar-refractivity contribution >= 4 is 11.8 Å². The highest BCUT2D eigenvalue weighted by Crippen LogP contribution is 2.25. The van der Waals surface area contributed by atoms with Crippen molar-refractivity contribution in [2.45, 2.75) is 38.9 Å². The van der Waals surface area contributed by atoms with Gasteiger partial charge in [-0.2, -0.15) is 13.2 Å². The molecule has 0 saturated carbocycles. The minimum absolute atomic E-state index is 0.0396. The lowest BCUT2D eigenvalue weighted by molar-refractivity contribution is -0.157. The molecule has 0 spiro atoms. The molecule has 5 nitrogen and oxygen atoms in total. The molecule has 0 bridgehead atoms. The first-order valence-electron chi connectivity index (χ1n) is 7.36. The fourth-order valence-electron chi connectivity index (χ4n) is 2.40. The molecule has 1 saturated heterocycles. The van der Waals surface area contributed by atoms with Crippen LogP contribution >= 0.6 is 0 Å². The summed E-state index contributed by atoms with van der Waals surface area (Å²) >= 11 is 0. The highest BCUT2D eigenvalue weighted by Gasteiger charge is 2.41. The average Bonchev–Trinajstić information content (AvgIpc) is 2.73. The van der Waals surface area contributed by atoms with Gasteiger partial charge in [-0.15, -0.1) is 0 Å². The topological polar surface area (TPSA) is 66.6 Å². The Balaban J connectivity index is 2.51. The van der Waals surface area contributed by atoms with Gasteiger partial charge in [-0.25, -0.2) is 0 Å². The van der Waals surface area contributed by atoms with Crippen molar-refractivity contribution in [3.8, 4) is 0 Å². The molecule has 2 unspecified atom stereocenters. The summed E-state index contributed by atoms with van der Waals surface area (Å²) in [6.45, 7) is 2.94. The van der Waals surface area contributed by atoms with Crippen LogP contribution in [0, 0.1) is 11.8 Å². The number of amides is 2. The molecular weight excluding hydrogens is 299 g/mol. The first-order valence-corrected chi connectivity index (χ1v) is 7.36. The molecule has 0 aromatic heterocycles. The van der Waals surface area contributed by atoms with Crippen LogP contribution < -0.4 is 5.73 Å². The maximum absolute atomic E-state index is 12.3. The number of nitrogens with zero attached hydrogens (tertiary/aromatic N) is 2. The van der Waals surface area contributed by atoms with Gasteiger partial charge in [0.25, 0.3) is 0 Å². The quantitative estimate of drug-likeness (QED) is 0.799. The van der Waals surface area contributed by atoms with Crippen LogP contribution in [0.25, 0.3) is 0 Å². The summed E-state index contributed by atoms with van der Waals surface area (Å²) in [5, 5.41) is 0. The molecule has 8 heteroatoms. The summed E-state index contributed by atoms with van der Waals surface area (Å²) in [6, 6.07) is -0.0396. The maximum Gasteiger partial charge on any atom is 0.406 e. The van der Waals surface area contributed by atoms with Gasteiger partial charge in [0.15, 0.2) is 0 Å². The Kier molecular flexibility index (Phi) is 6.22. The maximum atomic E-state index is 12.3. The normalized spacial score (nSPS) is 20.6. The Labute approximate surface area is 128 Å². The van der Waals surface area contributed by atoms with Crippen LogP contribution in [0.15, 0.2) is 0 Å². The second-order valence-corrected chi connectivity index (χ2v) is 6.25. The summed E-state index contributed by atoms with van der Waals surface area (Å²) in [4.78, 5) is 25.9. The molecule has 22 heavy (non-hydrogen) atoms. The Morgan fingerprint density at radius 2 is 2.05 bits per heavy atom. The first-order chi connectivity index (χ1) is 10.0. The van der Waals surface area contributed by atoms with Gasteiger partial charge in [-0.1, -0.05) is 13.8 Å². The minimum atomic E-state index is -4.44. The Morgan fingerprint density at radius 3 is 2.55 bits per heavy atom. The van der Waals surface area contributed by atoms with Crippen LogP contribution in [0.5, 0.6) is 0 Å². The standard InChI is InChI=1S/C14H24F3N3O2/c1-9(2)11(18)4-5-19(3)13(22)10-6-12(21)20(7-10)8-14(15,16)17/h9-11H,4-8,18H2,1-3H3. The van der Waals surface area contributed by atoms with E-state index >= 15 is 0 Å². The van der Waals surface area contributed by atoms with E-state index < -0.39 is 24.5 Å². The number of rotatable bonds is 6. The summed E-state index contributed by atoms with van der Waals surface area (Å²) in [5.41, 5.74) is 5.91. The number of hydrogen-bond donors (Lipinski definition) is 1. The molecule has 2 atom stereocenters. The molecule has 0 radical (unpaired) electrons. The van der Waals surface area contributed by atoms with Gasteiger partial charge in [0.2, 0.25) is 11.8 Å². The van der Waals surface area contributed by atoms with Crippen LogP contribution in [-0.2, 0) is 9.59 Å². The third-order valence-electron chi connectivity index (χ3n) is 3.96. The molecule has 1 rings (SSSR count). The van der Waals surface area contributed by atoms with Gasteiger partial charge in [-0.05, 0) is 12.3 Å². The highest BCUT2D eigenvalue weighted by atomic mass is 19.4. The van der Waals surface area contributed by atoms with Crippen molar-refractivity contribution < 1.29 is 22.8 Å². The lowest BCUT2D eigenvalue weighted by Crippen LogP contribution is -2.39. The lowest BCUT2D eigenvalue weighted by Gasteiger charge is -2.24. The van der Waals surface area contributed by atoms with Gasteiger partial charge < -0.3 is 15.5 Å². The Bertz CT molecular complexity index is 413. The zero-order valence-corrected chi connectivity index (χ0v) is 13.2. The summed E-state index contributed by atoms with van der Waals surface area (Å²) in [5.74, 6) is -1.33. The summed E-state index contributed by atoms with van der Waals surface area (Å²) in [6.07, 6.45) is -3.98. The number of alkyl halides is 3. The third-order valence-corrected chi connectivity index (χ3v) is 3.96. The van der Waals surface area contributed by atoms with E-state index in [-0.39, 0.29) is 24.9 Å². The molecule has 2 amide bonds. The number of nitrogens with two attached hydrogens (primary N) is 1. The van der Waals surface area contributed by atoms with Gasteiger partial charge in [0.05, 0.1) is 5.92 Å². The molecule has 0 aromatic rings. The monoisotopic (exact) mass is 323 g/mol. The number of carbonyl (C=O) groups is 2. The predicted octanol–water partition coefficient (Wildman–Crippen LogP) is 1.23. The van der Waals surface area contributed by atoms with Gasteiger partial charge >= 0.3 is 6.18 Å². The summed E-state index contributed by atoms with van der Waals surface area (Å²) < 4.78 is 37.0. The second-order valence-electron chi connectivity index (χ2n) is 6.25. The van der Waals surface area contributed by atoms with Gasteiger partial charge in [0, 0.05) is 32.6 Å². The minimum Gasteiger partial charge on any atom is -0.345 e. The van der Waals surface area contributed by atoms with Crippen molar-refractivity contribution in [1.82, 2.24) is 9.80 Å². The fraction of sp³-hybridized carbons (Fsp3) is 0.857. The Morgan fingerprint density at radius 1 is 1.45 bits per heavy atom. The van der Waals surface area contributed by atoms with E-state index in [0.29, 0.717) is 23.8 Å². The highest BCUT2D eigenvalue weighted by molar-refractivity contribution is 5.89. The van der Waals surface area contributed by atoms with Crippen molar-refractivity contribution in [3.63, 3.8) is 0 Å². The molecule has 1 aliphatic rings. The number of hydrogen-bond acceptors (Lipinski definition) is 3. The van der Waals surface area contributed by atoms with E-state index in [2.05, 4.69) is 0 Å².